The first kappa shape index (κ1) is 30.0. The maximum absolute atomic E-state index is 13.7. The molecule has 4 heterocycles. The molecule has 0 atom stereocenters. The van der Waals surface area contributed by atoms with Crippen LogP contribution in [0.1, 0.15) is 77.5 Å². The van der Waals surface area contributed by atoms with Crippen molar-refractivity contribution >= 4 is 11.6 Å². The Labute approximate surface area is 249 Å². The SMILES string of the molecule is CCN(c1cc(-c2ccc(CN3CCCCC3)nc2)cc(C(=O)NCc2c(C)cc(C)[nH]c2=O)c1C)C1CCOCC1. The molecule has 0 bridgehead atoms. The predicted molar refractivity (Wildman–Crippen MR) is 168 cm³/mol. The first-order chi connectivity index (χ1) is 20.3. The molecule has 8 nitrogen and oxygen atoms in total. The van der Waals surface area contributed by atoms with Crippen LogP contribution < -0.4 is 15.8 Å². The van der Waals surface area contributed by atoms with Gasteiger partial charge in [-0.1, -0.05) is 12.5 Å². The molecule has 2 saturated heterocycles. The summed E-state index contributed by atoms with van der Waals surface area (Å²) >= 11 is 0. The third-order valence-electron chi connectivity index (χ3n) is 8.82. The van der Waals surface area contributed by atoms with Crippen LogP contribution in [0.4, 0.5) is 5.69 Å². The Balaban J connectivity index is 1.46. The fourth-order valence-electron chi connectivity index (χ4n) is 6.42. The number of pyridine rings is 2. The lowest BCUT2D eigenvalue weighted by molar-refractivity contribution is 0.0846. The summed E-state index contributed by atoms with van der Waals surface area (Å²) in [7, 11) is 0. The van der Waals surface area contributed by atoms with Crippen LogP contribution in [0.2, 0.25) is 0 Å². The van der Waals surface area contributed by atoms with Gasteiger partial charge in [0.2, 0.25) is 0 Å². The summed E-state index contributed by atoms with van der Waals surface area (Å²) in [5.41, 5.74) is 7.74. The standard InChI is InChI=1S/C34H45N5O3/c1-5-39(29-11-15-42-16-12-29)32-19-27(26-9-10-28(35-20-26)22-38-13-7-6-8-14-38)18-30(25(32)4)33(40)36-21-31-23(2)17-24(3)37-34(31)41/h9-10,17-20,29H,5-8,11-16,21-22H2,1-4H3,(H,36,40)(H,37,41). The first-order valence-electron chi connectivity index (χ1n) is 15.5. The third-order valence-corrected chi connectivity index (χ3v) is 8.82. The van der Waals surface area contributed by atoms with Crippen LogP contribution in [-0.2, 0) is 17.8 Å². The van der Waals surface area contributed by atoms with E-state index in [2.05, 4.69) is 45.2 Å². The van der Waals surface area contributed by atoms with Gasteiger partial charge in [0.15, 0.2) is 0 Å². The second kappa shape index (κ2) is 13.7. The molecule has 0 spiro atoms. The number of amides is 1. The lowest BCUT2D eigenvalue weighted by Gasteiger charge is -2.37. The summed E-state index contributed by atoms with van der Waals surface area (Å²) < 4.78 is 5.65. The molecule has 2 aliphatic heterocycles. The zero-order chi connectivity index (χ0) is 29.6. The highest BCUT2D eigenvalue weighted by Crippen LogP contribution is 2.34. The second-order valence-corrected chi connectivity index (χ2v) is 11.8. The number of benzene rings is 1. The summed E-state index contributed by atoms with van der Waals surface area (Å²) in [6.07, 6.45) is 7.69. The highest BCUT2D eigenvalue weighted by molar-refractivity contribution is 5.99. The monoisotopic (exact) mass is 571 g/mol. The number of ether oxygens (including phenoxy) is 1. The smallest absolute Gasteiger partial charge is 0.253 e. The molecule has 3 aromatic rings. The number of carbonyl (C=O) groups excluding carboxylic acids is 1. The number of carbonyl (C=O) groups is 1. The molecule has 0 saturated carbocycles. The van der Waals surface area contributed by atoms with E-state index in [1.54, 1.807) is 0 Å². The molecule has 1 amide bonds. The number of hydrogen-bond acceptors (Lipinski definition) is 6. The number of rotatable bonds is 9. The molecule has 2 fully saturated rings. The highest BCUT2D eigenvalue weighted by atomic mass is 16.5. The van der Waals surface area contributed by atoms with Crippen LogP contribution in [0.25, 0.3) is 11.1 Å². The quantitative estimate of drug-likeness (QED) is 0.363. The van der Waals surface area contributed by atoms with Gasteiger partial charge in [-0.15, -0.1) is 0 Å². The minimum absolute atomic E-state index is 0.161. The van der Waals surface area contributed by atoms with Gasteiger partial charge in [0.25, 0.3) is 11.5 Å². The lowest BCUT2D eigenvalue weighted by atomic mass is 9.95. The van der Waals surface area contributed by atoms with E-state index in [9.17, 15) is 9.59 Å². The van der Waals surface area contributed by atoms with Crippen LogP contribution in [0.15, 0.2) is 41.3 Å². The number of aromatic amines is 1. The summed E-state index contributed by atoms with van der Waals surface area (Å²) in [5.74, 6) is -0.187. The van der Waals surface area contributed by atoms with Gasteiger partial charge in [-0.3, -0.25) is 19.5 Å². The van der Waals surface area contributed by atoms with Gasteiger partial charge in [0, 0.05) is 73.2 Å². The largest absolute Gasteiger partial charge is 0.381 e. The van der Waals surface area contributed by atoms with Crippen LogP contribution in [0.3, 0.4) is 0 Å². The summed E-state index contributed by atoms with van der Waals surface area (Å²) in [6.45, 7) is 13.6. The average molecular weight is 572 g/mol. The van der Waals surface area contributed by atoms with E-state index >= 15 is 0 Å². The molecule has 224 valence electrons. The Kier molecular flexibility index (Phi) is 9.75. The van der Waals surface area contributed by atoms with E-state index in [0.717, 1.165) is 91.6 Å². The molecule has 2 aromatic heterocycles. The van der Waals surface area contributed by atoms with Crippen molar-refractivity contribution in [1.29, 1.82) is 0 Å². The van der Waals surface area contributed by atoms with Crippen molar-refractivity contribution in [2.24, 2.45) is 0 Å². The summed E-state index contributed by atoms with van der Waals surface area (Å²) in [5, 5.41) is 3.04. The number of nitrogens with one attached hydrogen (secondary N) is 2. The van der Waals surface area contributed by atoms with Crippen LogP contribution in [0, 0.1) is 20.8 Å². The fourth-order valence-corrected chi connectivity index (χ4v) is 6.42. The number of piperidine rings is 1. The van der Waals surface area contributed by atoms with Gasteiger partial charge in [0.1, 0.15) is 0 Å². The minimum atomic E-state index is -0.187. The molecular weight excluding hydrogens is 526 g/mol. The molecule has 0 unspecified atom stereocenters. The molecule has 0 radical (unpaired) electrons. The molecule has 0 aliphatic carbocycles. The van der Waals surface area contributed by atoms with E-state index in [0.29, 0.717) is 17.2 Å². The molecule has 42 heavy (non-hydrogen) atoms. The Bertz CT molecular complexity index is 1440. The lowest BCUT2D eigenvalue weighted by Crippen LogP contribution is -2.40. The van der Waals surface area contributed by atoms with Crippen molar-refractivity contribution < 1.29 is 9.53 Å². The molecule has 1 aromatic carbocycles. The van der Waals surface area contributed by atoms with Crippen LogP contribution in [0.5, 0.6) is 0 Å². The Morgan fingerprint density at radius 3 is 2.50 bits per heavy atom. The van der Waals surface area contributed by atoms with E-state index < -0.39 is 0 Å². The van der Waals surface area contributed by atoms with Crippen molar-refractivity contribution in [2.45, 2.75) is 78.9 Å². The number of hydrogen-bond donors (Lipinski definition) is 2. The van der Waals surface area contributed by atoms with Gasteiger partial charge < -0.3 is 19.9 Å². The van der Waals surface area contributed by atoms with Crippen molar-refractivity contribution in [3.63, 3.8) is 0 Å². The van der Waals surface area contributed by atoms with Crippen LogP contribution >= 0.6 is 0 Å². The first-order valence-corrected chi connectivity index (χ1v) is 15.5. The van der Waals surface area contributed by atoms with Gasteiger partial charge in [0.05, 0.1) is 5.69 Å². The number of aryl methyl sites for hydroxylation is 2. The minimum Gasteiger partial charge on any atom is -0.381 e. The van der Waals surface area contributed by atoms with Crippen LogP contribution in [-0.4, -0.2) is 59.7 Å². The Morgan fingerprint density at radius 2 is 1.83 bits per heavy atom. The predicted octanol–water partition coefficient (Wildman–Crippen LogP) is 5.28. The zero-order valence-corrected chi connectivity index (χ0v) is 25.6. The van der Waals surface area contributed by atoms with Crippen molar-refractivity contribution in [3.8, 4) is 11.1 Å². The normalized spacial score (nSPS) is 16.4. The average Bonchev–Trinajstić information content (AvgIpc) is 2.99. The topological polar surface area (TPSA) is 90.6 Å². The number of H-pyrrole nitrogens is 1. The van der Waals surface area contributed by atoms with E-state index in [1.165, 1.54) is 19.3 Å². The Hall–Kier alpha value is -3.49. The highest BCUT2D eigenvalue weighted by Gasteiger charge is 2.25. The van der Waals surface area contributed by atoms with Gasteiger partial charge >= 0.3 is 0 Å². The van der Waals surface area contributed by atoms with E-state index in [-0.39, 0.29) is 18.0 Å². The van der Waals surface area contributed by atoms with Crippen molar-refractivity contribution in [1.82, 2.24) is 20.2 Å². The molecule has 2 N–H and O–H groups in total. The van der Waals surface area contributed by atoms with E-state index in [4.69, 9.17) is 9.72 Å². The maximum Gasteiger partial charge on any atom is 0.253 e. The number of anilines is 1. The molecular formula is C34H45N5O3. The zero-order valence-electron chi connectivity index (χ0n) is 25.6. The molecule has 8 heteroatoms. The number of aromatic nitrogens is 2. The van der Waals surface area contributed by atoms with Gasteiger partial charge in [-0.05, 0) is 107 Å². The summed E-state index contributed by atoms with van der Waals surface area (Å²) in [6, 6.07) is 10.7. The number of nitrogens with zero attached hydrogens (tertiary/aromatic N) is 3. The molecule has 5 rings (SSSR count). The Morgan fingerprint density at radius 1 is 1.07 bits per heavy atom. The second-order valence-electron chi connectivity index (χ2n) is 11.8. The fraction of sp³-hybridized carbons (Fsp3) is 0.500. The van der Waals surface area contributed by atoms with Crippen molar-refractivity contribution in [2.75, 3.05) is 37.7 Å². The van der Waals surface area contributed by atoms with E-state index in [1.807, 2.05) is 39.1 Å². The number of likely N-dealkylation sites (tertiary alicyclic amines) is 1. The van der Waals surface area contributed by atoms with Crippen molar-refractivity contribution in [3.05, 3.63) is 80.5 Å². The maximum atomic E-state index is 13.7. The molecule has 2 aliphatic rings. The van der Waals surface area contributed by atoms with Gasteiger partial charge in [-0.2, -0.15) is 0 Å². The van der Waals surface area contributed by atoms with Gasteiger partial charge in [-0.25, -0.2) is 0 Å². The summed E-state index contributed by atoms with van der Waals surface area (Å²) in [4.78, 5) is 38.9. The third kappa shape index (κ3) is 6.93.